The molecule has 0 aromatic heterocycles. The van der Waals surface area contributed by atoms with Crippen LogP contribution in [-0.2, 0) is 19.1 Å². The van der Waals surface area contributed by atoms with Crippen LogP contribution in [0.2, 0.25) is 0 Å². The first-order chi connectivity index (χ1) is 10.2. The molecule has 6 rings (SSSR count). The number of rotatable bonds is 0. The lowest BCUT2D eigenvalue weighted by Crippen LogP contribution is -2.68. The largest absolute Gasteiger partial charge is 0.393 e. The van der Waals surface area contributed by atoms with E-state index in [2.05, 4.69) is 12.2 Å². The minimum atomic E-state index is -0.313. The van der Waals surface area contributed by atoms with E-state index in [1.54, 1.807) is 0 Å². The summed E-state index contributed by atoms with van der Waals surface area (Å²) < 4.78 is 11.3. The van der Waals surface area contributed by atoms with Gasteiger partial charge in [-0.25, -0.2) is 0 Å². The molecule has 2 aliphatic heterocycles. The van der Waals surface area contributed by atoms with E-state index in [1.165, 1.54) is 6.42 Å². The second-order valence-electron chi connectivity index (χ2n) is 7.48. The fourth-order valence-corrected chi connectivity index (χ4v) is 6.42. The van der Waals surface area contributed by atoms with E-state index in [1.807, 2.05) is 0 Å². The van der Waals surface area contributed by atoms with Crippen LogP contribution in [-0.4, -0.2) is 24.6 Å². The Labute approximate surface area is 123 Å². The SMILES string of the molecule is O=C1OC(=O)[C@@H]2[C@@H]1[C@H]1C=C[C@@]23CCCC[C@]32CCCO[C@@H]12. The van der Waals surface area contributed by atoms with Crippen LogP contribution in [0.25, 0.3) is 0 Å². The number of carbonyl (C=O) groups excluding carboxylic acids is 2. The summed E-state index contributed by atoms with van der Waals surface area (Å²) in [6, 6.07) is 0. The lowest BCUT2D eigenvalue weighted by Gasteiger charge is -2.67. The summed E-state index contributed by atoms with van der Waals surface area (Å²) in [6.45, 7) is 0.785. The molecule has 21 heavy (non-hydrogen) atoms. The molecule has 4 nitrogen and oxygen atoms in total. The monoisotopic (exact) mass is 288 g/mol. The maximum Gasteiger partial charge on any atom is 0.318 e. The molecule has 0 N–H and O–H groups in total. The average molecular weight is 288 g/mol. The van der Waals surface area contributed by atoms with Crippen molar-refractivity contribution >= 4 is 11.9 Å². The summed E-state index contributed by atoms with van der Waals surface area (Å²) in [5.74, 6) is -1.10. The highest BCUT2D eigenvalue weighted by Gasteiger charge is 2.74. The Balaban J connectivity index is 1.75. The highest BCUT2D eigenvalue weighted by atomic mass is 16.6. The van der Waals surface area contributed by atoms with Gasteiger partial charge in [0, 0.05) is 23.4 Å². The summed E-state index contributed by atoms with van der Waals surface area (Å²) >= 11 is 0. The fraction of sp³-hybridized carbons (Fsp3) is 0.765. The van der Waals surface area contributed by atoms with Crippen LogP contribution in [0.1, 0.15) is 38.5 Å². The number of cyclic esters (lactones) is 2. The van der Waals surface area contributed by atoms with E-state index in [9.17, 15) is 9.59 Å². The Morgan fingerprint density at radius 3 is 2.76 bits per heavy atom. The Kier molecular flexibility index (Phi) is 2.23. The highest BCUT2D eigenvalue weighted by Crippen LogP contribution is 2.72. The predicted octanol–water partition coefficient (Wildman–Crippen LogP) is 2.23. The average Bonchev–Trinajstić information content (AvgIpc) is 2.82. The molecule has 2 saturated carbocycles. The van der Waals surface area contributed by atoms with Gasteiger partial charge in [0.05, 0.1) is 17.9 Å². The minimum Gasteiger partial charge on any atom is -0.393 e. The van der Waals surface area contributed by atoms with Crippen LogP contribution >= 0.6 is 0 Å². The van der Waals surface area contributed by atoms with Gasteiger partial charge in [-0.2, -0.15) is 0 Å². The first kappa shape index (κ1) is 12.4. The van der Waals surface area contributed by atoms with Crippen LogP contribution < -0.4 is 0 Å². The molecule has 0 unspecified atom stereocenters. The molecule has 0 radical (unpaired) electrons. The molecule has 4 aliphatic carbocycles. The minimum absolute atomic E-state index is 0.0363. The zero-order chi connectivity index (χ0) is 14.2. The third-order valence-electron chi connectivity index (χ3n) is 7.02. The second-order valence-corrected chi connectivity index (χ2v) is 7.48. The maximum absolute atomic E-state index is 12.4. The zero-order valence-corrected chi connectivity index (χ0v) is 12.0. The molecule has 2 heterocycles. The van der Waals surface area contributed by atoms with E-state index in [0.717, 1.165) is 38.7 Å². The van der Waals surface area contributed by atoms with Crippen LogP contribution in [0.5, 0.6) is 0 Å². The smallest absolute Gasteiger partial charge is 0.318 e. The molecule has 2 bridgehead atoms. The van der Waals surface area contributed by atoms with Gasteiger partial charge >= 0.3 is 11.9 Å². The third kappa shape index (κ3) is 1.20. The van der Waals surface area contributed by atoms with Crippen LogP contribution in [0, 0.1) is 28.6 Å². The molecule has 0 amide bonds. The van der Waals surface area contributed by atoms with Gasteiger partial charge in [-0.3, -0.25) is 9.59 Å². The second kappa shape index (κ2) is 3.78. The van der Waals surface area contributed by atoms with Gasteiger partial charge in [0.1, 0.15) is 0 Å². The van der Waals surface area contributed by atoms with Crippen molar-refractivity contribution in [3.8, 4) is 0 Å². The lowest BCUT2D eigenvalue weighted by molar-refractivity contribution is -0.231. The van der Waals surface area contributed by atoms with Crippen molar-refractivity contribution in [2.24, 2.45) is 28.6 Å². The van der Waals surface area contributed by atoms with Crippen molar-refractivity contribution in [3.05, 3.63) is 12.2 Å². The van der Waals surface area contributed by atoms with Gasteiger partial charge in [-0.1, -0.05) is 25.0 Å². The number of carbonyl (C=O) groups is 2. The lowest BCUT2D eigenvalue weighted by atomic mass is 9.37. The van der Waals surface area contributed by atoms with Gasteiger partial charge in [0.25, 0.3) is 0 Å². The molecular formula is C17H20O4. The Morgan fingerprint density at radius 2 is 1.86 bits per heavy atom. The van der Waals surface area contributed by atoms with Crippen LogP contribution in [0.4, 0.5) is 0 Å². The number of hydrogen-bond acceptors (Lipinski definition) is 4. The van der Waals surface area contributed by atoms with Crippen molar-refractivity contribution < 1.29 is 19.1 Å². The van der Waals surface area contributed by atoms with E-state index >= 15 is 0 Å². The summed E-state index contributed by atoms with van der Waals surface area (Å²) in [5, 5.41) is 0. The Bertz CT molecular complexity index is 561. The highest BCUT2D eigenvalue weighted by molar-refractivity contribution is 5.98. The van der Waals surface area contributed by atoms with Crippen molar-refractivity contribution in [1.29, 1.82) is 0 Å². The van der Waals surface area contributed by atoms with E-state index < -0.39 is 0 Å². The van der Waals surface area contributed by atoms with E-state index in [0.29, 0.717) is 0 Å². The van der Waals surface area contributed by atoms with Crippen LogP contribution in [0.15, 0.2) is 12.2 Å². The van der Waals surface area contributed by atoms with Crippen molar-refractivity contribution in [2.45, 2.75) is 44.6 Å². The summed E-state index contributed by atoms with van der Waals surface area (Å²) in [6.07, 6.45) is 11.2. The first-order valence-corrected chi connectivity index (χ1v) is 8.26. The van der Waals surface area contributed by atoms with E-state index in [-0.39, 0.29) is 46.6 Å². The van der Waals surface area contributed by atoms with Gasteiger partial charge < -0.3 is 9.47 Å². The van der Waals surface area contributed by atoms with Crippen molar-refractivity contribution in [1.82, 2.24) is 0 Å². The number of allylic oxidation sites excluding steroid dienone is 1. The predicted molar refractivity (Wildman–Crippen MR) is 73.0 cm³/mol. The molecule has 0 aromatic carbocycles. The van der Waals surface area contributed by atoms with Gasteiger partial charge in [0.2, 0.25) is 0 Å². The molecule has 4 heteroatoms. The fourth-order valence-electron chi connectivity index (χ4n) is 6.42. The van der Waals surface area contributed by atoms with Crippen molar-refractivity contribution in [3.63, 3.8) is 0 Å². The summed E-state index contributed by atoms with van der Waals surface area (Å²) in [5.41, 5.74) is -0.132. The molecule has 0 aromatic rings. The Hall–Kier alpha value is -1.16. The molecule has 6 aliphatic rings. The molecule has 112 valence electrons. The molecule has 6 atom stereocenters. The van der Waals surface area contributed by atoms with Crippen LogP contribution in [0.3, 0.4) is 0 Å². The zero-order valence-electron chi connectivity index (χ0n) is 12.0. The van der Waals surface area contributed by atoms with E-state index in [4.69, 9.17) is 9.47 Å². The topological polar surface area (TPSA) is 52.6 Å². The summed E-state index contributed by atoms with van der Waals surface area (Å²) in [7, 11) is 0. The number of hydrogen-bond donors (Lipinski definition) is 0. The third-order valence-corrected chi connectivity index (χ3v) is 7.02. The molecule has 4 fully saturated rings. The Morgan fingerprint density at radius 1 is 1.05 bits per heavy atom. The molecule has 2 spiro atoms. The molecular weight excluding hydrogens is 268 g/mol. The van der Waals surface area contributed by atoms with Crippen molar-refractivity contribution in [2.75, 3.05) is 6.61 Å². The summed E-state index contributed by atoms with van der Waals surface area (Å²) in [4.78, 5) is 24.6. The first-order valence-electron chi connectivity index (χ1n) is 8.26. The standard InChI is InChI=1S/C17H20O4/c18-14-11-10-4-8-16(12(11)15(19)21-14)5-1-2-6-17(16)7-3-9-20-13(10)17/h4,8,10-13H,1-3,5-7,9H2/t10-,11+,12+,13+,16+,17-/m1/s1. The number of esters is 2. The quantitative estimate of drug-likeness (QED) is 0.390. The molecule has 2 saturated heterocycles. The number of ether oxygens (including phenoxy) is 2. The van der Waals surface area contributed by atoms with Gasteiger partial charge in [0.15, 0.2) is 0 Å². The normalized spacial score (nSPS) is 53.9. The maximum atomic E-state index is 12.4. The van der Waals surface area contributed by atoms with Gasteiger partial charge in [-0.05, 0) is 25.7 Å². The van der Waals surface area contributed by atoms with Gasteiger partial charge in [-0.15, -0.1) is 0 Å².